The van der Waals surface area contributed by atoms with Crippen LogP contribution in [0.4, 0.5) is 5.82 Å². The maximum atomic E-state index is 13.0. The van der Waals surface area contributed by atoms with E-state index in [1.807, 2.05) is 0 Å². The van der Waals surface area contributed by atoms with E-state index in [4.69, 9.17) is 0 Å². The smallest absolute Gasteiger partial charge is 0.304 e. The summed E-state index contributed by atoms with van der Waals surface area (Å²) in [5.41, 5.74) is 0. The van der Waals surface area contributed by atoms with Crippen LogP contribution in [0.5, 0.6) is 0 Å². The predicted molar refractivity (Wildman–Crippen MR) is 106 cm³/mol. The van der Waals surface area contributed by atoms with Crippen LogP contribution >= 0.6 is 12.4 Å². The first-order valence-corrected chi connectivity index (χ1v) is 9.34. The second-order valence-corrected chi connectivity index (χ2v) is 7.12. The first-order chi connectivity index (χ1) is 13.0. The van der Waals surface area contributed by atoms with Gasteiger partial charge in [0, 0.05) is 18.8 Å². The van der Waals surface area contributed by atoms with E-state index in [-0.39, 0.29) is 30.6 Å². The lowest BCUT2D eigenvalue weighted by Crippen LogP contribution is -2.44. The fourth-order valence-electron chi connectivity index (χ4n) is 3.81. The maximum Gasteiger partial charge on any atom is 0.304 e. The number of pyridine rings is 1. The molecule has 1 aliphatic heterocycles. The molecule has 0 saturated heterocycles. The summed E-state index contributed by atoms with van der Waals surface area (Å²) in [4.78, 5) is 40.9. The SMILES string of the molecule is Cl.O=C(O)C[C@@H](CC1CCCC1)C(=O)N1N=CC[C@H]1C(=O)Nc1ccccn1. The first-order valence-electron chi connectivity index (χ1n) is 9.34. The highest BCUT2D eigenvalue weighted by Gasteiger charge is 2.38. The standard InChI is InChI=1S/C19H24N4O4.ClH/c24-17(25)12-14(11-13-5-1-2-6-13)19(27)23-15(8-10-21-23)18(26)22-16-7-3-4-9-20-16;/h3-4,7,9-10,13-15H,1-2,5-6,8,11-12H2,(H,24,25)(H,20,22,26);1H/t14-,15+;/m1./s1. The molecule has 2 heterocycles. The van der Waals surface area contributed by atoms with E-state index in [2.05, 4.69) is 15.4 Å². The number of carboxylic acids is 1. The summed E-state index contributed by atoms with van der Waals surface area (Å²) >= 11 is 0. The lowest BCUT2D eigenvalue weighted by Gasteiger charge is -2.26. The van der Waals surface area contributed by atoms with Gasteiger partial charge in [-0.05, 0) is 24.5 Å². The molecule has 0 bridgehead atoms. The van der Waals surface area contributed by atoms with Crippen LogP contribution in [0.25, 0.3) is 0 Å². The summed E-state index contributed by atoms with van der Waals surface area (Å²) in [6, 6.07) is 4.37. The van der Waals surface area contributed by atoms with Crippen LogP contribution in [-0.4, -0.2) is 45.1 Å². The third kappa shape index (κ3) is 5.51. The number of aromatic nitrogens is 1. The van der Waals surface area contributed by atoms with E-state index in [1.165, 1.54) is 6.21 Å². The number of carbonyl (C=O) groups is 3. The fraction of sp³-hybridized carbons (Fsp3) is 0.526. The zero-order valence-electron chi connectivity index (χ0n) is 15.5. The predicted octanol–water partition coefficient (Wildman–Crippen LogP) is 2.70. The lowest BCUT2D eigenvalue weighted by molar-refractivity contribution is -0.147. The highest BCUT2D eigenvalue weighted by molar-refractivity contribution is 5.99. The van der Waals surface area contributed by atoms with Crippen molar-refractivity contribution in [3.05, 3.63) is 24.4 Å². The van der Waals surface area contributed by atoms with E-state index < -0.39 is 17.9 Å². The number of hydrogen-bond acceptors (Lipinski definition) is 5. The van der Waals surface area contributed by atoms with Gasteiger partial charge in [0.05, 0.1) is 12.3 Å². The minimum Gasteiger partial charge on any atom is -0.481 e. The number of halogens is 1. The Morgan fingerprint density at radius 3 is 2.64 bits per heavy atom. The molecule has 28 heavy (non-hydrogen) atoms. The number of amides is 2. The normalized spacial score (nSPS) is 19.9. The second-order valence-electron chi connectivity index (χ2n) is 7.12. The number of carbonyl (C=O) groups excluding carboxylic acids is 2. The molecule has 1 fully saturated rings. The Morgan fingerprint density at radius 1 is 1.25 bits per heavy atom. The number of aliphatic carboxylic acids is 1. The monoisotopic (exact) mass is 408 g/mol. The highest BCUT2D eigenvalue weighted by atomic mass is 35.5. The average Bonchev–Trinajstić information content (AvgIpc) is 3.33. The molecule has 1 aromatic heterocycles. The van der Waals surface area contributed by atoms with Crippen LogP contribution in [0, 0.1) is 11.8 Å². The molecule has 9 heteroatoms. The van der Waals surface area contributed by atoms with Gasteiger partial charge < -0.3 is 10.4 Å². The van der Waals surface area contributed by atoms with Gasteiger partial charge in [-0.25, -0.2) is 9.99 Å². The minimum atomic E-state index is -1.01. The number of nitrogens with zero attached hydrogens (tertiary/aromatic N) is 3. The van der Waals surface area contributed by atoms with Crippen molar-refractivity contribution < 1.29 is 19.5 Å². The Hall–Kier alpha value is -2.48. The van der Waals surface area contributed by atoms with Crippen LogP contribution in [0.3, 0.4) is 0 Å². The third-order valence-electron chi connectivity index (χ3n) is 5.14. The molecule has 2 N–H and O–H groups in total. The maximum absolute atomic E-state index is 13.0. The van der Waals surface area contributed by atoms with Gasteiger partial charge in [0.15, 0.2) is 0 Å². The lowest BCUT2D eigenvalue weighted by atomic mass is 9.90. The Kier molecular flexibility index (Phi) is 7.92. The quantitative estimate of drug-likeness (QED) is 0.720. The molecule has 0 aromatic carbocycles. The van der Waals surface area contributed by atoms with Gasteiger partial charge >= 0.3 is 5.97 Å². The number of hydrazone groups is 1. The van der Waals surface area contributed by atoms with Crippen molar-refractivity contribution in [2.24, 2.45) is 16.9 Å². The van der Waals surface area contributed by atoms with Crippen molar-refractivity contribution in [2.75, 3.05) is 5.32 Å². The van der Waals surface area contributed by atoms with Gasteiger partial charge in [0.25, 0.3) is 5.91 Å². The molecule has 2 atom stereocenters. The van der Waals surface area contributed by atoms with Crippen molar-refractivity contribution in [1.82, 2.24) is 9.99 Å². The molecule has 2 amide bonds. The Labute approximate surface area is 169 Å². The summed E-state index contributed by atoms with van der Waals surface area (Å²) in [7, 11) is 0. The molecule has 2 aliphatic rings. The van der Waals surface area contributed by atoms with E-state index in [9.17, 15) is 19.5 Å². The molecule has 1 aromatic rings. The van der Waals surface area contributed by atoms with Crippen molar-refractivity contribution in [1.29, 1.82) is 0 Å². The molecule has 3 rings (SSSR count). The van der Waals surface area contributed by atoms with Crippen LogP contribution in [0.15, 0.2) is 29.5 Å². The summed E-state index contributed by atoms with van der Waals surface area (Å²) in [6.45, 7) is 0. The zero-order chi connectivity index (χ0) is 19.2. The third-order valence-corrected chi connectivity index (χ3v) is 5.14. The average molecular weight is 409 g/mol. The Morgan fingerprint density at radius 2 is 2.00 bits per heavy atom. The molecule has 0 spiro atoms. The van der Waals surface area contributed by atoms with E-state index >= 15 is 0 Å². The topological polar surface area (TPSA) is 112 Å². The number of carboxylic acid groups (broad SMARTS) is 1. The second kappa shape index (κ2) is 10.2. The van der Waals surface area contributed by atoms with Crippen molar-refractivity contribution in [3.63, 3.8) is 0 Å². The van der Waals surface area contributed by atoms with Crippen LogP contribution in [0.1, 0.15) is 44.9 Å². The van der Waals surface area contributed by atoms with Gasteiger partial charge in [-0.3, -0.25) is 14.4 Å². The summed E-state index contributed by atoms with van der Waals surface area (Å²) in [5.74, 6) is -1.68. The van der Waals surface area contributed by atoms with Crippen LogP contribution in [0.2, 0.25) is 0 Å². The molecule has 0 unspecified atom stereocenters. The van der Waals surface area contributed by atoms with Gasteiger partial charge in [-0.2, -0.15) is 5.10 Å². The fourth-order valence-corrected chi connectivity index (χ4v) is 3.81. The molecular formula is C19H25ClN4O4. The van der Waals surface area contributed by atoms with E-state index in [0.29, 0.717) is 24.6 Å². The molecule has 152 valence electrons. The van der Waals surface area contributed by atoms with Crippen LogP contribution < -0.4 is 5.32 Å². The summed E-state index contributed by atoms with van der Waals surface area (Å²) in [5, 5.41) is 17.1. The zero-order valence-corrected chi connectivity index (χ0v) is 16.3. The van der Waals surface area contributed by atoms with Crippen molar-refractivity contribution in [3.8, 4) is 0 Å². The largest absolute Gasteiger partial charge is 0.481 e. The number of nitrogens with one attached hydrogen (secondary N) is 1. The highest BCUT2D eigenvalue weighted by Crippen LogP contribution is 2.33. The number of rotatable bonds is 7. The van der Waals surface area contributed by atoms with Gasteiger partial charge in [-0.1, -0.05) is 31.7 Å². The van der Waals surface area contributed by atoms with E-state index in [1.54, 1.807) is 24.4 Å². The van der Waals surface area contributed by atoms with Gasteiger partial charge in [-0.15, -0.1) is 12.4 Å². The van der Waals surface area contributed by atoms with Crippen molar-refractivity contribution in [2.45, 2.75) is 51.0 Å². The van der Waals surface area contributed by atoms with Crippen molar-refractivity contribution >= 4 is 42.2 Å². The van der Waals surface area contributed by atoms with Gasteiger partial charge in [0.2, 0.25) is 5.91 Å². The summed E-state index contributed by atoms with van der Waals surface area (Å²) in [6.07, 6.45) is 7.97. The van der Waals surface area contributed by atoms with E-state index in [0.717, 1.165) is 30.7 Å². The first kappa shape index (κ1) is 21.8. The molecule has 1 saturated carbocycles. The number of anilines is 1. The van der Waals surface area contributed by atoms with Crippen LogP contribution in [-0.2, 0) is 14.4 Å². The molecule has 1 aliphatic carbocycles. The molecule has 0 radical (unpaired) electrons. The summed E-state index contributed by atoms with van der Waals surface area (Å²) < 4.78 is 0. The Bertz CT molecular complexity index is 722. The molecule has 8 nitrogen and oxygen atoms in total. The Balaban J connectivity index is 0.00000280. The molecular weight excluding hydrogens is 384 g/mol. The van der Waals surface area contributed by atoms with Gasteiger partial charge in [0.1, 0.15) is 11.9 Å². The number of hydrogen-bond donors (Lipinski definition) is 2. The minimum absolute atomic E-state index is 0.